The highest BCUT2D eigenvalue weighted by Crippen LogP contribution is 2.33. The van der Waals surface area contributed by atoms with E-state index in [2.05, 4.69) is 0 Å². The second-order valence-electron chi connectivity index (χ2n) is 4.04. The first-order chi connectivity index (χ1) is 7.59. The van der Waals surface area contributed by atoms with Crippen molar-refractivity contribution in [3.63, 3.8) is 0 Å². The average Bonchev–Trinajstić information content (AvgIpc) is 2.27. The molecular formula is C12H15NO3. The molecule has 0 fully saturated rings. The Labute approximate surface area is 94.8 Å². The Balaban J connectivity index is 2.24. The van der Waals surface area contributed by atoms with E-state index in [9.17, 15) is 4.79 Å². The number of likely N-dealkylation sites (N-methyl/N-ethyl adjacent to an activating group) is 1. The molecule has 1 aromatic carbocycles. The summed E-state index contributed by atoms with van der Waals surface area (Å²) in [5, 5.41) is 0. The van der Waals surface area contributed by atoms with Crippen molar-refractivity contribution in [2.24, 2.45) is 0 Å². The van der Waals surface area contributed by atoms with E-state index in [0.717, 1.165) is 0 Å². The molecule has 2 atom stereocenters. The normalized spacial score (nSPS) is 22.7. The van der Waals surface area contributed by atoms with Crippen molar-refractivity contribution in [2.45, 2.75) is 19.1 Å². The molecule has 1 amide bonds. The fourth-order valence-electron chi connectivity index (χ4n) is 1.65. The molecule has 1 aromatic rings. The maximum Gasteiger partial charge on any atom is 0.267 e. The molecule has 0 saturated carbocycles. The van der Waals surface area contributed by atoms with Gasteiger partial charge >= 0.3 is 0 Å². The zero-order valence-corrected chi connectivity index (χ0v) is 9.64. The third kappa shape index (κ3) is 1.83. The monoisotopic (exact) mass is 221 g/mol. The van der Waals surface area contributed by atoms with E-state index in [1.165, 1.54) is 4.90 Å². The lowest BCUT2D eigenvalue weighted by molar-refractivity contribution is -0.141. The van der Waals surface area contributed by atoms with Crippen LogP contribution in [-0.4, -0.2) is 37.1 Å². The molecule has 1 heterocycles. The smallest absolute Gasteiger partial charge is 0.267 e. The van der Waals surface area contributed by atoms with Crippen molar-refractivity contribution < 1.29 is 14.3 Å². The van der Waals surface area contributed by atoms with E-state index in [0.29, 0.717) is 11.5 Å². The van der Waals surface area contributed by atoms with Crippen LogP contribution in [0.15, 0.2) is 24.3 Å². The predicted octanol–water partition coefficient (Wildman–Crippen LogP) is 1.30. The molecule has 16 heavy (non-hydrogen) atoms. The third-order valence-corrected chi connectivity index (χ3v) is 2.53. The van der Waals surface area contributed by atoms with E-state index in [4.69, 9.17) is 9.47 Å². The summed E-state index contributed by atoms with van der Waals surface area (Å²) in [5.41, 5.74) is 0. The van der Waals surface area contributed by atoms with Crippen LogP contribution in [0.5, 0.6) is 11.5 Å². The van der Waals surface area contributed by atoms with Crippen LogP contribution in [0.25, 0.3) is 0 Å². The van der Waals surface area contributed by atoms with Gasteiger partial charge in [-0.1, -0.05) is 12.1 Å². The highest BCUT2D eigenvalue weighted by atomic mass is 16.6. The molecule has 4 nitrogen and oxygen atoms in total. The van der Waals surface area contributed by atoms with E-state index >= 15 is 0 Å². The van der Waals surface area contributed by atoms with E-state index in [1.807, 2.05) is 25.1 Å². The summed E-state index contributed by atoms with van der Waals surface area (Å²) < 4.78 is 11.3. The van der Waals surface area contributed by atoms with Gasteiger partial charge in [0.25, 0.3) is 5.91 Å². The zero-order valence-electron chi connectivity index (χ0n) is 9.64. The molecule has 1 aliphatic heterocycles. The van der Waals surface area contributed by atoms with Crippen LogP contribution in [0.4, 0.5) is 0 Å². The van der Waals surface area contributed by atoms with Crippen LogP contribution in [-0.2, 0) is 4.79 Å². The molecule has 0 radical (unpaired) electrons. The van der Waals surface area contributed by atoms with Gasteiger partial charge in [-0.25, -0.2) is 0 Å². The van der Waals surface area contributed by atoms with Gasteiger partial charge in [0.2, 0.25) is 6.10 Å². The van der Waals surface area contributed by atoms with Crippen LogP contribution in [0.1, 0.15) is 6.92 Å². The molecule has 0 bridgehead atoms. The Morgan fingerprint density at radius 3 is 2.31 bits per heavy atom. The number of ether oxygens (including phenoxy) is 2. The summed E-state index contributed by atoms with van der Waals surface area (Å²) in [6.07, 6.45) is -0.838. The highest BCUT2D eigenvalue weighted by molar-refractivity contribution is 5.81. The summed E-state index contributed by atoms with van der Waals surface area (Å²) >= 11 is 0. The van der Waals surface area contributed by atoms with Crippen molar-refractivity contribution in [3.8, 4) is 11.5 Å². The Bertz CT molecular complexity index is 403. The second-order valence-corrected chi connectivity index (χ2v) is 4.04. The molecular weight excluding hydrogens is 206 g/mol. The van der Waals surface area contributed by atoms with Gasteiger partial charge < -0.3 is 14.4 Å². The highest BCUT2D eigenvalue weighted by Gasteiger charge is 2.34. The maximum absolute atomic E-state index is 11.8. The van der Waals surface area contributed by atoms with Gasteiger partial charge in [0.05, 0.1) is 0 Å². The lowest BCUT2D eigenvalue weighted by Crippen LogP contribution is -2.48. The summed E-state index contributed by atoms with van der Waals surface area (Å²) in [7, 11) is 3.41. The van der Waals surface area contributed by atoms with Crippen molar-refractivity contribution in [3.05, 3.63) is 24.3 Å². The van der Waals surface area contributed by atoms with Gasteiger partial charge in [-0.15, -0.1) is 0 Å². The predicted molar refractivity (Wildman–Crippen MR) is 59.6 cm³/mol. The topological polar surface area (TPSA) is 38.8 Å². The van der Waals surface area contributed by atoms with Gasteiger partial charge in [0, 0.05) is 14.1 Å². The Morgan fingerprint density at radius 1 is 1.19 bits per heavy atom. The first kappa shape index (κ1) is 10.8. The molecule has 0 aliphatic carbocycles. The Kier molecular flexibility index (Phi) is 2.73. The number of hydrogen-bond donors (Lipinski definition) is 0. The lowest BCUT2D eigenvalue weighted by atomic mass is 10.1. The lowest BCUT2D eigenvalue weighted by Gasteiger charge is -2.32. The van der Waals surface area contributed by atoms with Crippen LogP contribution in [0.3, 0.4) is 0 Å². The summed E-state index contributed by atoms with van der Waals surface area (Å²) in [6, 6.07) is 7.37. The number of carbonyl (C=O) groups is 1. The van der Waals surface area contributed by atoms with Crippen LogP contribution in [0.2, 0.25) is 0 Å². The molecule has 1 aliphatic rings. The van der Waals surface area contributed by atoms with Crippen molar-refractivity contribution in [1.29, 1.82) is 0 Å². The minimum Gasteiger partial charge on any atom is -0.482 e. The molecule has 0 N–H and O–H groups in total. The van der Waals surface area contributed by atoms with Crippen molar-refractivity contribution in [1.82, 2.24) is 4.90 Å². The fraction of sp³-hybridized carbons (Fsp3) is 0.417. The number of para-hydroxylation sites is 2. The molecule has 0 aromatic heterocycles. The Morgan fingerprint density at radius 2 is 1.75 bits per heavy atom. The Hall–Kier alpha value is -1.71. The number of benzene rings is 1. The molecule has 2 rings (SSSR count). The van der Waals surface area contributed by atoms with Crippen molar-refractivity contribution in [2.75, 3.05) is 14.1 Å². The average molecular weight is 221 g/mol. The van der Waals surface area contributed by atoms with Gasteiger partial charge in [-0.05, 0) is 19.1 Å². The SMILES string of the molecule is C[C@H]1Oc2ccccc2O[C@H]1C(=O)N(C)C. The summed E-state index contributed by atoms with van der Waals surface area (Å²) in [6.45, 7) is 1.84. The quantitative estimate of drug-likeness (QED) is 0.717. The first-order valence-electron chi connectivity index (χ1n) is 5.23. The van der Waals surface area contributed by atoms with Gasteiger partial charge in [0.15, 0.2) is 11.5 Å². The molecule has 0 spiro atoms. The first-order valence-corrected chi connectivity index (χ1v) is 5.23. The van der Waals surface area contributed by atoms with Gasteiger partial charge in [-0.3, -0.25) is 4.79 Å². The standard InChI is InChI=1S/C12H15NO3/c1-8-11(12(14)13(2)3)16-10-7-5-4-6-9(10)15-8/h4-8,11H,1-3H3/t8-,11-/m1/s1. The van der Waals surface area contributed by atoms with E-state index in [1.54, 1.807) is 20.2 Å². The largest absolute Gasteiger partial charge is 0.482 e. The maximum atomic E-state index is 11.8. The summed E-state index contributed by atoms with van der Waals surface area (Å²) in [4.78, 5) is 13.4. The number of rotatable bonds is 1. The number of hydrogen-bond acceptors (Lipinski definition) is 3. The number of amides is 1. The summed E-state index contributed by atoms with van der Waals surface area (Å²) in [5.74, 6) is 1.24. The molecule has 0 saturated heterocycles. The fourth-order valence-corrected chi connectivity index (χ4v) is 1.65. The minimum atomic E-state index is -0.565. The van der Waals surface area contributed by atoms with E-state index in [-0.39, 0.29) is 12.0 Å². The minimum absolute atomic E-state index is 0.0815. The zero-order chi connectivity index (χ0) is 11.7. The van der Waals surface area contributed by atoms with Crippen LogP contribution >= 0.6 is 0 Å². The van der Waals surface area contributed by atoms with Crippen LogP contribution < -0.4 is 9.47 Å². The van der Waals surface area contributed by atoms with Gasteiger partial charge in [-0.2, -0.15) is 0 Å². The number of carbonyl (C=O) groups excluding carboxylic acids is 1. The number of nitrogens with zero attached hydrogens (tertiary/aromatic N) is 1. The molecule has 0 unspecified atom stereocenters. The van der Waals surface area contributed by atoms with Crippen molar-refractivity contribution >= 4 is 5.91 Å². The van der Waals surface area contributed by atoms with E-state index < -0.39 is 6.10 Å². The second kappa shape index (κ2) is 4.04. The van der Waals surface area contributed by atoms with Gasteiger partial charge in [0.1, 0.15) is 6.10 Å². The van der Waals surface area contributed by atoms with Crippen LogP contribution in [0, 0.1) is 0 Å². The number of fused-ring (bicyclic) bond motifs is 1. The molecule has 4 heteroatoms. The third-order valence-electron chi connectivity index (χ3n) is 2.53. The molecule has 86 valence electrons.